The number of fused-ring (bicyclic) bond motifs is 1. The Hall–Kier alpha value is -1.95. The van der Waals surface area contributed by atoms with Gasteiger partial charge in [0.1, 0.15) is 17.1 Å². The minimum Gasteiger partial charge on any atom is -0.491 e. The van der Waals surface area contributed by atoms with Crippen LogP contribution in [-0.2, 0) is 0 Å². The van der Waals surface area contributed by atoms with Crippen molar-refractivity contribution in [3.05, 3.63) is 46.7 Å². The van der Waals surface area contributed by atoms with E-state index in [1.807, 2.05) is 38.1 Å². The lowest BCUT2D eigenvalue weighted by molar-refractivity contribution is 0.242. The Balaban J connectivity index is 2.02. The molecule has 108 valence electrons. The molecule has 0 bridgehead atoms. The van der Waals surface area contributed by atoms with E-state index in [4.69, 9.17) is 4.74 Å². The number of benzene rings is 2. The lowest BCUT2D eigenvalue weighted by Crippen LogP contribution is -2.05. The van der Waals surface area contributed by atoms with E-state index in [0.29, 0.717) is 9.99 Å². The molecule has 0 unspecified atom stereocenters. The standard InChI is InChI=1S/C15H13BrFN3O/c1-9(2)21-11-5-3-10(4-6-11)20-15-7-12(16)13(17)8-14(15)18-19-20/h3-9H,1-2H3. The van der Waals surface area contributed by atoms with Crippen LogP contribution < -0.4 is 4.74 Å². The molecule has 0 aliphatic rings. The molecule has 0 aliphatic heterocycles. The van der Waals surface area contributed by atoms with Crippen molar-refractivity contribution < 1.29 is 9.13 Å². The molecule has 0 N–H and O–H groups in total. The summed E-state index contributed by atoms with van der Waals surface area (Å²) in [5.41, 5.74) is 2.09. The molecule has 0 amide bonds. The quantitative estimate of drug-likeness (QED) is 0.714. The first-order chi connectivity index (χ1) is 10.0. The lowest BCUT2D eigenvalue weighted by Gasteiger charge is -2.10. The Morgan fingerprint density at radius 1 is 1.19 bits per heavy atom. The molecule has 0 saturated carbocycles. The van der Waals surface area contributed by atoms with Crippen molar-refractivity contribution in [2.24, 2.45) is 0 Å². The van der Waals surface area contributed by atoms with E-state index < -0.39 is 0 Å². The van der Waals surface area contributed by atoms with Crippen molar-refractivity contribution >= 4 is 27.0 Å². The minimum absolute atomic E-state index is 0.127. The first-order valence-electron chi connectivity index (χ1n) is 6.52. The highest BCUT2D eigenvalue weighted by Crippen LogP contribution is 2.24. The third kappa shape index (κ3) is 2.76. The zero-order valence-electron chi connectivity index (χ0n) is 11.5. The Morgan fingerprint density at radius 2 is 1.90 bits per heavy atom. The number of hydrogen-bond acceptors (Lipinski definition) is 3. The van der Waals surface area contributed by atoms with Crippen LogP contribution in [0.4, 0.5) is 4.39 Å². The van der Waals surface area contributed by atoms with Crippen LogP contribution in [0.2, 0.25) is 0 Å². The Kier molecular flexibility index (Phi) is 3.63. The maximum atomic E-state index is 13.5. The molecule has 6 heteroatoms. The summed E-state index contributed by atoms with van der Waals surface area (Å²) < 4.78 is 21.2. The molecular formula is C15H13BrFN3O. The Labute approximate surface area is 129 Å². The van der Waals surface area contributed by atoms with Gasteiger partial charge in [0, 0.05) is 6.07 Å². The Morgan fingerprint density at radius 3 is 2.57 bits per heavy atom. The first kappa shape index (κ1) is 14.0. The number of nitrogens with zero attached hydrogens (tertiary/aromatic N) is 3. The summed E-state index contributed by atoms with van der Waals surface area (Å²) in [7, 11) is 0. The average molecular weight is 350 g/mol. The molecule has 0 saturated heterocycles. The van der Waals surface area contributed by atoms with Gasteiger partial charge in [0.15, 0.2) is 0 Å². The van der Waals surface area contributed by atoms with E-state index in [-0.39, 0.29) is 11.9 Å². The van der Waals surface area contributed by atoms with Crippen molar-refractivity contribution in [3.63, 3.8) is 0 Å². The zero-order valence-corrected chi connectivity index (χ0v) is 13.1. The molecule has 3 rings (SSSR count). The van der Waals surface area contributed by atoms with Gasteiger partial charge < -0.3 is 4.74 Å². The van der Waals surface area contributed by atoms with E-state index in [0.717, 1.165) is 17.0 Å². The van der Waals surface area contributed by atoms with Crippen LogP contribution in [-0.4, -0.2) is 21.1 Å². The fraction of sp³-hybridized carbons (Fsp3) is 0.200. The summed E-state index contributed by atoms with van der Waals surface area (Å²) in [6, 6.07) is 10.6. The average Bonchev–Trinajstić information content (AvgIpc) is 2.82. The fourth-order valence-electron chi connectivity index (χ4n) is 2.05. The highest BCUT2D eigenvalue weighted by molar-refractivity contribution is 9.10. The monoisotopic (exact) mass is 349 g/mol. The second kappa shape index (κ2) is 5.44. The van der Waals surface area contributed by atoms with Gasteiger partial charge in [-0.3, -0.25) is 0 Å². The van der Waals surface area contributed by atoms with Gasteiger partial charge in [0.2, 0.25) is 0 Å². The van der Waals surface area contributed by atoms with Crippen molar-refractivity contribution in [2.45, 2.75) is 20.0 Å². The van der Waals surface area contributed by atoms with Crippen LogP contribution in [0.5, 0.6) is 5.75 Å². The first-order valence-corrected chi connectivity index (χ1v) is 7.31. The molecule has 0 atom stereocenters. The maximum Gasteiger partial charge on any atom is 0.139 e. The summed E-state index contributed by atoms with van der Waals surface area (Å²) in [6.45, 7) is 3.95. The number of rotatable bonds is 3. The van der Waals surface area contributed by atoms with Crippen LogP contribution >= 0.6 is 15.9 Å². The minimum atomic E-state index is -0.352. The molecule has 2 aromatic carbocycles. The van der Waals surface area contributed by atoms with Gasteiger partial charge in [0.05, 0.1) is 21.8 Å². The summed E-state index contributed by atoms with van der Waals surface area (Å²) in [5.74, 6) is 0.445. The highest BCUT2D eigenvalue weighted by Gasteiger charge is 2.10. The topological polar surface area (TPSA) is 39.9 Å². The molecular weight excluding hydrogens is 337 g/mol. The van der Waals surface area contributed by atoms with Gasteiger partial charge in [-0.25, -0.2) is 9.07 Å². The van der Waals surface area contributed by atoms with E-state index >= 15 is 0 Å². The van der Waals surface area contributed by atoms with Gasteiger partial charge >= 0.3 is 0 Å². The summed E-state index contributed by atoms with van der Waals surface area (Å²) in [5, 5.41) is 8.07. The fourth-order valence-corrected chi connectivity index (χ4v) is 2.38. The van der Waals surface area contributed by atoms with E-state index in [2.05, 4.69) is 26.2 Å². The zero-order chi connectivity index (χ0) is 15.0. The normalized spacial score (nSPS) is 11.3. The smallest absolute Gasteiger partial charge is 0.139 e. The summed E-state index contributed by atoms with van der Waals surface area (Å²) in [6.07, 6.45) is 0.127. The third-order valence-corrected chi connectivity index (χ3v) is 3.55. The van der Waals surface area contributed by atoms with E-state index in [1.165, 1.54) is 6.07 Å². The molecule has 4 nitrogen and oxygen atoms in total. The van der Waals surface area contributed by atoms with Gasteiger partial charge in [-0.1, -0.05) is 5.21 Å². The third-order valence-electron chi connectivity index (χ3n) is 2.94. The van der Waals surface area contributed by atoms with Crippen molar-refractivity contribution in [2.75, 3.05) is 0 Å². The largest absolute Gasteiger partial charge is 0.491 e. The number of halogens is 2. The number of hydrogen-bond donors (Lipinski definition) is 0. The second-order valence-corrected chi connectivity index (χ2v) is 5.77. The molecule has 0 spiro atoms. The molecule has 1 aromatic heterocycles. The predicted molar refractivity (Wildman–Crippen MR) is 82.3 cm³/mol. The van der Waals surface area contributed by atoms with Gasteiger partial charge in [-0.05, 0) is 60.1 Å². The van der Waals surface area contributed by atoms with Crippen LogP contribution in [0.1, 0.15) is 13.8 Å². The van der Waals surface area contributed by atoms with Gasteiger partial charge in [-0.15, -0.1) is 5.10 Å². The van der Waals surface area contributed by atoms with Crippen molar-refractivity contribution in [3.8, 4) is 11.4 Å². The van der Waals surface area contributed by atoms with Crippen LogP contribution in [0, 0.1) is 5.82 Å². The lowest BCUT2D eigenvalue weighted by atomic mass is 10.2. The van der Waals surface area contributed by atoms with Gasteiger partial charge in [0.25, 0.3) is 0 Å². The molecule has 0 fully saturated rings. The van der Waals surface area contributed by atoms with Crippen LogP contribution in [0.3, 0.4) is 0 Å². The molecule has 0 radical (unpaired) electrons. The molecule has 0 aliphatic carbocycles. The van der Waals surface area contributed by atoms with E-state index in [1.54, 1.807) is 10.7 Å². The summed E-state index contributed by atoms with van der Waals surface area (Å²) in [4.78, 5) is 0. The predicted octanol–water partition coefficient (Wildman–Crippen LogP) is 4.11. The highest BCUT2D eigenvalue weighted by atomic mass is 79.9. The van der Waals surface area contributed by atoms with Gasteiger partial charge in [-0.2, -0.15) is 0 Å². The van der Waals surface area contributed by atoms with Crippen LogP contribution in [0.25, 0.3) is 16.7 Å². The Bertz CT molecular complexity index is 783. The number of aromatic nitrogens is 3. The number of ether oxygens (including phenoxy) is 1. The van der Waals surface area contributed by atoms with E-state index in [9.17, 15) is 4.39 Å². The van der Waals surface area contributed by atoms with Crippen LogP contribution in [0.15, 0.2) is 40.9 Å². The molecule has 21 heavy (non-hydrogen) atoms. The molecule has 3 aromatic rings. The molecule has 1 heterocycles. The van der Waals surface area contributed by atoms with Crippen molar-refractivity contribution in [1.82, 2.24) is 15.0 Å². The maximum absolute atomic E-state index is 13.5. The second-order valence-electron chi connectivity index (χ2n) is 4.92. The summed E-state index contributed by atoms with van der Waals surface area (Å²) >= 11 is 3.18. The SMILES string of the molecule is CC(C)Oc1ccc(-n2nnc3cc(F)c(Br)cc32)cc1. The van der Waals surface area contributed by atoms with Crippen molar-refractivity contribution in [1.29, 1.82) is 0 Å².